The molecule has 0 bridgehead atoms. The number of hydrogen-bond donors (Lipinski definition) is 2. The molecule has 0 saturated carbocycles. The number of nitrogens with zero attached hydrogens (tertiary/aromatic N) is 3. The van der Waals surface area contributed by atoms with Gasteiger partial charge >= 0.3 is 0 Å². The van der Waals surface area contributed by atoms with Crippen LogP contribution in [0.3, 0.4) is 0 Å². The van der Waals surface area contributed by atoms with E-state index in [0.717, 1.165) is 32.7 Å². The monoisotopic (exact) mass is 459 g/mol. The summed E-state index contributed by atoms with van der Waals surface area (Å²) in [5.74, 6) is 0.260. The second-order valence-electron chi connectivity index (χ2n) is 6.62. The van der Waals surface area contributed by atoms with Crippen LogP contribution in [0.1, 0.15) is 15.9 Å². The van der Waals surface area contributed by atoms with E-state index in [1.807, 2.05) is 55.5 Å². The molecule has 0 atom stereocenters. The van der Waals surface area contributed by atoms with Gasteiger partial charge in [0.15, 0.2) is 0 Å². The molecule has 0 radical (unpaired) electrons. The van der Waals surface area contributed by atoms with E-state index in [-0.39, 0.29) is 5.91 Å². The molecule has 7 heteroatoms. The van der Waals surface area contributed by atoms with Crippen molar-refractivity contribution < 1.29 is 4.79 Å². The van der Waals surface area contributed by atoms with Gasteiger partial charge in [0.1, 0.15) is 0 Å². The van der Waals surface area contributed by atoms with Gasteiger partial charge in [0.25, 0.3) is 5.91 Å². The van der Waals surface area contributed by atoms with Crippen molar-refractivity contribution in [2.75, 3.05) is 10.6 Å². The Balaban J connectivity index is 1.55. The molecule has 0 aliphatic carbocycles. The summed E-state index contributed by atoms with van der Waals surface area (Å²) in [4.78, 5) is 25.7. The molecule has 2 aromatic carbocycles. The molecule has 0 saturated heterocycles. The average molecular weight is 460 g/mol. The number of benzene rings is 2. The highest BCUT2D eigenvalue weighted by Gasteiger charge is 2.10. The molecule has 2 heterocycles. The van der Waals surface area contributed by atoms with Gasteiger partial charge in [0.05, 0.1) is 5.69 Å². The molecule has 0 fully saturated rings. The number of carbonyl (C=O) groups is 1. The lowest BCUT2D eigenvalue weighted by Gasteiger charge is -2.12. The maximum atomic E-state index is 12.7. The van der Waals surface area contributed by atoms with Crippen LogP contribution in [0.25, 0.3) is 11.3 Å². The summed E-state index contributed by atoms with van der Waals surface area (Å²) in [6.07, 6.45) is 5.17. The minimum Gasteiger partial charge on any atom is -0.324 e. The van der Waals surface area contributed by atoms with Gasteiger partial charge in [-0.05, 0) is 67.1 Å². The van der Waals surface area contributed by atoms with Gasteiger partial charge in [-0.1, -0.05) is 22.0 Å². The highest BCUT2D eigenvalue weighted by Crippen LogP contribution is 2.23. The number of aromatic nitrogens is 3. The average Bonchev–Trinajstić information content (AvgIpc) is 2.77. The van der Waals surface area contributed by atoms with Crippen molar-refractivity contribution in [3.63, 3.8) is 0 Å². The normalized spacial score (nSPS) is 10.5. The van der Waals surface area contributed by atoms with E-state index in [2.05, 4.69) is 41.5 Å². The molecule has 148 valence electrons. The topological polar surface area (TPSA) is 79.8 Å². The first kappa shape index (κ1) is 19.7. The summed E-state index contributed by atoms with van der Waals surface area (Å²) in [7, 11) is 0. The van der Waals surface area contributed by atoms with E-state index in [0.29, 0.717) is 11.5 Å². The SMILES string of the molecule is Cc1ccc(C(=O)Nc2ccc(Br)cc2)cc1Nc1nccc(-c2cccnc2)n1. The number of halogens is 1. The largest absolute Gasteiger partial charge is 0.324 e. The molecular formula is C23H18BrN5O. The summed E-state index contributed by atoms with van der Waals surface area (Å²) in [5, 5.41) is 6.12. The molecule has 2 aromatic heterocycles. The van der Waals surface area contributed by atoms with Crippen molar-refractivity contribution in [3.05, 3.63) is 94.9 Å². The maximum Gasteiger partial charge on any atom is 0.255 e. The van der Waals surface area contributed by atoms with Gasteiger partial charge in [-0.3, -0.25) is 9.78 Å². The summed E-state index contributed by atoms with van der Waals surface area (Å²) in [6, 6.07) is 18.6. The van der Waals surface area contributed by atoms with Crippen molar-refractivity contribution in [2.24, 2.45) is 0 Å². The van der Waals surface area contributed by atoms with Gasteiger partial charge in [0.2, 0.25) is 5.95 Å². The summed E-state index contributed by atoms with van der Waals surface area (Å²) < 4.78 is 0.954. The Morgan fingerprint density at radius 2 is 1.83 bits per heavy atom. The summed E-state index contributed by atoms with van der Waals surface area (Å²) in [6.45, 7) is 1.96. The fraction of sp³-hybridized carbons (Fsp3) is 0.0435. The number of pyridine rings is 1. The van der Waals surface area contributed by atoms with Crippen LogP contribution in [-0.4, -0.2) is 20.9 Å². The Morgan fingerprint density at radius 1 is 1.00 bits per heavy atom. The van der Waals surface area contributed by atoms with E-state index in [9.17, 15) is 4.79 Å². The van der Waals surface area contributed by atoms with Crippen molar-refractivity contribution in [1.29, 1.82) is 0 Å². The highest BCUT2D eigenvalue weighted by molar-refractivity contribution is 9.10. The highest BCUT2D eigenvalue weighted by atomic mass is 79.9. The maximum absolute atomic E-state index is 12.7. The van der Waals surface area contributed by atoms with Crippen LogP contribution in [0.15, 0.2) is 83.7 Å². The van der Waals surface area contributed by atoms with Crippen LogP contribution in [0.4, 0.5) is 17.3 Å². The van der Waals surface area contributed by atoms with Gasteiger partial charge in [-0.15, -0.1) is 0 Å². The molecule has 4 rings (SSSR count). The van der Waals surface area contributed by atoms with E-state index < -0.39 is 0 Å². The first-order chi connectivity index (χ1) is 14.6. The third-order valence-corrected chi connectivity index (χ3v) is 4.99. The Morgan fingerprint density at radius 3 is 2.60 bits per heavy atom. The zero-order valence-electron chi connectivity index (χ0n) is 16.1. The molecule has 6 nitrogen and oxygen atoms in total. The number of amides is 1. The van der Waals surface area contributed by atoms with Crippen LogP contribution in [0.2, 0.25) is 0 Å². The van der Waals surface area contributed by atoms with Crippen molar-refractivity contribution >= 4 is 39.2 Å². The second kappa shape index (κ2) is 8.84. The Kier molecular flexibility index (Phi) is 5.81. The lowest BCUT2D eigenvalue weighted by Crippen LogP contribution is -2.12. The first-order valence-corrected chi connectivity index (χ1v) is 10.1. The molecule has 0 aliphatic heterocycles. The van der Waals surface area contributed by atoms with Gasteiger partial charge < -0.3 is 10.6 Å². The van der Waals surface area contributed by atoms with E-state index in [1.54, 1.807) is 30.7 Å². The number of carbonyl (C=O) groups excluding carboxylic acids is 1. The Labute approximate surface area is 182 Å². The van der Waals surface area contributed by atoms with Crippen LogP contribution < -0.4 is 10.6 Å². The third kappa shape index (κ3) is 4.69. The molecule has 0 unspecified atom stereocenters. The Bertz CT molecular complexity index is 1180. The quantitative estimate of drug-likeness (QED) is 0.405. The second-order valence-corrected chi connectivity index (χ2v) is 7.54. The standard InChI is InChI=1S/C23H18BrN5O/c1-15-4-5-16(22(30)27-19-8-6-18(24)7-9-19)13-21(15)29-23-26-12-10-20(28-23)17-3-2-11-25-14-17/h2-14H,1H3,(H,27,30)(H,26,28,29). The number of aryl methyl sites for hydroxylation is 1. The van der Waals surface area contributed by atoms with Crippen LogP contribution in [-0.2, 0) is 0 Å². The lowest BCUT2D eigenvalue weighted by atomic mass is 10.1. The van der Waals surface area contributed by atoms with Crippen LogP contribution >= 0.6 is 15.9 Å². The number of hydrogen-bond acceptors (Lipinski definition) is 5. The molecule has 1 amide bonds. The fourth-order valence-electron chi connectivity index (χ4n) is 2.85. The minimum atomic E-state index is -0.189. The first-order valence-electron chi connectivity index (χ1n) is 9.26. The van der Waals surface area contributed by atoms with Crippen molar-refractivity contribution in [2.45, 2.75) is 6.92 Å². The van der Waals surface area contributed by atoms with E-state index >= 15 is 0 Å². The zero-order chi connectivity index (χ0) is 20.9. The van der Waals surface area contributed by atoms with Gasteiger partial charge in [-0.25, -0.2) is 9.97 Å². The van der Waals surface area contributed by atoms with Crippen LogP contribution in [0, 0.1) is 6.92 Å². The minimum absolute atomic E-state index is 0.189. The van der Waals surface area contributed by atoms with Crippen LogP contribution in [0.5, 0.6) is 0 Å². The molecular weight excluding hydrogens is 442 g/mol. The van der Waals surface area contributed by atoms with E-state index in [1.165, 1.54) is 0 Å². The zero-order valence-corrected chi connectivity index (χ0v) is 17.7. The number of nitrogens with one attached hydrogen (secondary N) is 2. The third-order valence-electron chi connectivity index (χ3n) is 4.46. The lowest BCUT2D eigenvalue weighted by molar-refractivity contribution is 0.102. The van der Waals surface area contributed by atoms with E-state index in [4.69, 9.17) is 0 Å². The number of anilines is 3. The molecule has 0 spiro atoms. The summed E-state index contributed by atoms with van der Waals surface area (Å²) >= 11 is 3.39. The summed E-state index contributed by atoms with van der Waals surface area (Å²) in [5.41, 5.74) is 4.68. The molecule has 4 aromatic rings. The van der Waals surface area contributed by atoms with Crippen molar-refractivity contribution in [1.82, 2.24) is 15.0 Å². The molecule has 30 heavy (non-hydrogen) atoms. The fourth-order valence-corrected chi connectivity index (χ4v) is 3.11. The molecule has 0 aliphatic rings. The molecule has 2 N–H and O–H groups in total. The predicted molar refractivity (Wildman–Crippen MR) is 122 cm³/mol. The smallest absolute Gasteiger partial charge is 0.255 e. The van der Waals surface area contributed by atoms with Gasteiger partial charge in [0, 0.05) is 45.6 Å². The predicted octanol–water partition coefficient (Wildman–Crippen LogP) is 5.61. The van der Waals surface area contributed by atoms with Gasteiger partial charge in [-0.2, -0.15) is 0 Å². The van der Waals surface area contributed by atoms with Crippen molar-refractivity contribution in [3.8, 4) is 11.3 Å². The number of rotatable bonds is 5. The Hall–Kier alpha value is -3.58.